The number of piperidine rings is 1. The molecule has 3 heterocycles. The van der Waals surface area contributed by atoms with Crippen LogP contribution in [0.3, 0.4) is 0 Å². The molecular weight excluding hydrogens is 338 g/mol. The average Bonchev–Trinajstić information content (AvgIpc) is 3.04. The van der Waals surface area contributed by atoms with E-state index >= 15 is 0 Å². The zero-order valence-corrected chi connectivity index (χ0v) is 16.2. The van der Waals surface area contributed by atoms with Crippen LogP contribution in [-0.4, -0.2) is 40.3 Å². The van der Waals surface area contributed by atoms with Gasteiger partial charge in [-0.25, -0.2) is 0 Å². The molecule has 0 atom stereocenters. The number of amides is 1. The minimum absolute atomic E-state index is 0.268. The molecular formula is C22H29N3O2. The summed E-state index contributed by atoms with van der Waals surface area (Å²) in [6.07, 6.45) is 5.52. The molecule has 5 heteroatoms. The number of hydrogen-bond acceptors (Lipinski definition) is 3. The van der Waals surface area contributed by atoms with Gasteiger partial charge in [0.2, 0.25) is 5.91 Å². The number of carbonyl (C=O) groups is 1. The second-order valence-corrected chi connectivity index (χ2v) is 7.81. The molecule has 0 N–H and O–H groups in total. The van der Waals surface area contributed by atoms with Gasteiger partial charge in [0, 0.05) is 50.7 Å². The van der Waals surface area contributed by atoms with E-state index in [0.29, 0.717) is 18.9 Å². The molecule has 0 aliphatic carbocycles. The van der Waals surface area contributed by atoms with Gasteiger partial charge in [-0.05, 0) is 30.7 Å². The van der Waals surface area contributed by atoms with E-state index in [1.54, 1.807) is 0 Å². The highest BCUT2D eigenvalue weighted by Gasteiger charge is 2.24. The van der Waals surface area contributed by atoms with Crippen molar-refractivity contribution in [3.63, 3.8) is 0 Å². The van der Waals surface area contributed by atoms with Crippen LogP contribution in [0.25, 0.3) is 0 Å². The van der Waals surface area contributed by atoms with Crippen molar-refractivity contribution in [2.75, 3.05) is 19.7 Å². The summed E-state index contributed by atoms with van der Waals surface area (Å²) in [6.45, 7) is 3.18. The molecule has 0 radical (unpaired) electrons. The summed E-state index contributed by atoms with van der Waals surface area (Å²) < 4.78 is 7.55. The lowest BCUT2D eigenvalue weighted by atomic mass is 9.90. The molecule has 2 aliphatic rings. The number of hydrogen-bond donors (Lipinski definition) is 0. The predicted molar refractivity (Wildman–Crippen MR) is 104 cm³/mol. The van der Waals surface area contributed by atoms with Crippen molar-refractivity contribution < 1.29 is 9.53 Å². The fraction of sp³-hybridized carbons (Fsp3) is 0.545. The summed E-state index contributed by atoms with van der Waals surface area (Å²) in [4.78, 5) is 14.7. The molecule has 4 rings (SSSR count). The first-order chi connectivity index (χ1) is 13.2. The van der Waals surface area contributed by atoms with Crippen LogP contribution >= 0.6 is 0 Å². The number of rotatable bonds is 5. The molecule has 2 aromatic rings. The summed E-state index contributed by atoms with van der Waals surface area (Å²) in [5, 5.41) is 4.63. The minimum Gasteiger partial charge on any atom is -0.376 e. The Hall–Kier alpha value is -2.14. The minimum atomic E-state index is 0.268. The lowest BCUT2D eigenvalue weighted by molar-refractivity contribution is -0.132. The van der Waals surface area contributed by atoms with E-state index in [9.17, 15) is 4.79 Å². The number of likely N-dealkylation sites (tertiary alicyclic amines) is 1. The van der Waals surface area contributed by atoms with E-state index in [-0.39, 0.29) is 5.91 Å². The van der Waals surface area contributed by atoms with Gasteiger partial charge in [-0.15, -0.1) is 0 Å². The van der Waals surface area contributed by atoms with E-state index in [1.807, 2.05) is 16.6 Å². The number of aryl methyl sites for hydroxylation is 2. The largest absolute Gasteiger partial charge is 0.376 e. The maximum atomic E-state index is 12.7. The van der Waals surface area contributed by atoms with Crippen molar-refractivity contribution in [1.29, 1.82) is 0 Å². The zero-order valence-electron chi connectivity index (χ0n) is 16.2. The van der Waals surface area contributed by atoms with E-state index < -0.39 is 0 Å². The summed E-state index contributed by atoms with van der Waals surface area (Å²) in [5.74, 6) is 0.959. The van der Waals surface area contributed by atoms with Crippen molar-refractivity contribution in [2.24, 2.45) is 13.0 Å². The van der Waals surface area contributed by atoms with Crippen LogP contribution in [-0.2, 0) is 42.4 Å². The zero-order chi connectivity index (χ0) is 18.6. The van der Waals surface area contributed by atoms with Gasteiger partial charge in [-0.2, -0.15) is 5.10 Å². The number of ether oxygens (including phenoxy) is 1. The van der Waals surface area contributed by atoms with E-state index in [2.05, 4.69) is 35.4 Å². The standard InChI is InChI=1S/C22H29N3O2/c1-24-21-11-14-27-16-19(21)20(23-24)7-8-22(26)25-12-9-18(10-13-25)15-17-5-3-2-4-6-17/h2-6,18H,7-16H2,1H3. The van der Waals surface area contributed by atoms with E-state index in [4.69, 9.17) is 4.74 Å². The molecule has 1 fully saturated rings. The van der Waals surface area contributed by atoms with Gasteiger partial charge in [-0.3, -0.25) is 9.48 Å². The Balaban J connectivity index is 1.26. The van der Waals surface area contributed by atoms with Crippen molar-refractivity contribution in [1.82, 2.24) is 14.7 Å². The van der Waals surface area contributed by atoms with Crippen LogP contribution in [0, 0.1) is 5.92 Å². The molecule has 0 saturated carbocycles. The third-order valence-corrected chi connectivity index (χ3v) is 6.00. The number of aromatic nitrogens is 2. The Bertz CT molecular complexity index is 776. The lowest BCUT2D eigenvalue weighted by Crippen LogP contribution is -2.39. The van der Waals surface area contributed by atoms with Crippen LogP contribution in [0.1, 0.15) is 41.8 Å². The summed E-state index contributed by atoms with van der Waals surface area (Å²) in [5.41, 5.74) is 4.92. The average molecular weight is 367 g/mol. The molecule has 1 saturated heterocycles. The van der Waals surface area contributed by atoms with Crippen molar-refractivity contribution in [3.05, 3.63) is 52.8 Å². The molecule has 1 aromatic carbocycles. The van der Waals surface area contributed by atoms with Gasteiger partial charge < -0.3 is 9.64 Å². The van der Waals surface area contributed by atoms with Crippen LogP contribution < -0.4 is 0 Å². The van der Waals surface area contributed by atoms with Gasteiger partial charge in [0.15, 0.2) is 0 Å². The Kier molecular flexibility index (Phi) is 5.58. The molecule has 27 heavy (non-hydrogen) atoms. The first kappa shape index (κ1) is 18.2. The Labute approximate surface area is 161 Å². The number of fused-ring (bicyclic) bond motifs is 1. The molecule has 1 aromatic heterocycles. The summed E-state index contributed by atoms with van der Waals surface area (Å²) in [7, 11) is 1.99. The number of benzene rings is 1. The van der Waals surface area contributed by atoms with Crippen LogP contribution in [0.15, 0.2) is 30.3 Å². The van der Waals surface area contributed by atoms with Gasteiger partial charge in [-0.1, -0.05) is 30.3 Å². The maximum absolute atomic E-state index is 12.7. The first-order valence-electron chi connectivity index (χ1n) is 10.1. The van der Waals surface area contributed by atoms with E-state index in [1.165, 1.54) is 16.8 Å². The topological polar surface area (TPSA) is 47.4 Å². The van der Waals surface area contributed by atoms with Crippen molar-refractivity contribution >= 4 is 5.91 Å². The fourth-order valence-electron chi connectivity index (χ4n) is 4.40. The summed E-state index contributed by atoms with van der Waals surface area (Å²) in [6, 6.07) is 10.7. The van der Waals surface area contributed by atoms with E-state index in [0.717, 1.165) is 57.5 Å². The van der Waals surface area contributed by atoms with Gasteiger partial charge in [0.05, 0.1) is 18.9 Å². The van der Waals surface area contributed by atoms with Gasteiger partial charge in [0.1, 0.15) is 0 Å². The second kappa shape index (κ2) is 8.26. The van der Waals surface area contributed by atoms with Crippen LogP contribution in [0.2, 0.25) is 0 Å². The first-order valence-corrected chi connectivity index (χ1v) is 10.1. The summed E-state index contributed by atoms with van der Waals surface area (Å²) >= 11 is 0. The molecule has 2 aliphatic heterocycles. The Morgan fingerprint density at radius 1 is 1.22 bits per heavy atom. The predicted octanol–water partition coefficient (Wildman–Crippen LogP) is 2.91. The van der Waals surface area contributed by atoms with Gasteiger partial charge in [0.25, 0.3) is 0 Å². The van der Waals surface area contributed by atoms with Crippen LogP contribution in [0.4, 0.5) is 0 Å². The number of carbonyl (C=O) groups excluding carboxylic acids is 1. The normalized spacial score (nSPS) is 17.7. The smallest absolute Gasteiger partial charge is 0.222 e. The monoisotopic (exact) mass is 367 g/mol. The Morgan fingerprint density at radius 2 is 2.00 bits per heavy atom. The van der Waals surface area contributed by atoms with Crippen molar-refractivity contribution in [2.45, 2.75) is 45.1 Å². The Morgan fingerprint density at radius 3 is 2.78 bits per heavy atom. The highest BCUT2D eigenvalue weighted by atomic mass is 16.5. The molecule has 0 unspecified atom stereocenters. The van der Waals surface area contributed by atoms with Crippen LogP contribution in [0.5, 0.6) is 0 Å². The molecule has 0 bridgehead atoms. The second-order valence-electron chi connectivity index (χ2n) is 7.81. The quantitative estimate of drug-likeness (QED) is 0.816. The molecule has 1 amide bonds. The maximum Gasteiger partial charge on any atom is 0.222 e. The van der Waals surface area contributed by atoms with Gasteiger partial charge >= 0.3 is 0 Å². The third-order valence-electron chi connectivity index (χ3n) is 6.00. The van der Waals surface area contributed by atoms with Crippen molar-refractivity contribution in [3.8, 4) is 0 Å². The lowest BCUT2D eigenvalue weighted by Gasteiger charge is -2.32. The molecule has 144 valence electrons. The molecule has 0 spiro atoms. The highest BCUT2D eigenvalue weighted by Crippen LogP contribution is 2.24. The third kappa shape index (κ3) is 4.24. The molecule has 5 nitrogen and oxygen atoms in total. The highest BCUT2D eigenvalue weighted by molar-refractivity contribution is 5.76. The fourth-order valence-corrected chi connectivity index (χ4v) is 4.40. The SMILES string of the molecule is Cn1nc(CCC(=O)N2CCC(Cc3ccccc3)CC2)c2c1CCOC2. The number of nitrogens with zero attached hydrogens (tertiary/aromatic N) is 3.